The van der Waals surface area contributed by atoms with Crippen LogP contribution in [0.5, 0.6) is 0 Å². The minimum atomic E-state index is -0.480. The largest absolute Gasteiger partial charge is 0.381 e. The minimum absolute atomic E-state index is 0.00473. The molecule has 0 unspecified atom stereocenters. The summed E-state index contributed by atoms with van der Waals surface area (Å²) in [6, 6.07) is 0. The summed E-state index contributed by atoms with van der Waals surface area (Å²) in [6.07, 6.45) is 2.40. The van der Waals surface area contributed by atoms with Crippen LogP contribution >= 0.6 is 0 Å². The fourth-order valence-electron chi connectivity index (χ4n) is 3.23. The van der Waals surface area contributed by atoms with Crippen molar-refractivity contribution in [3.05, 3.63) is 11.6 Å². The summed E-state index contributed by atoms with van der Waals surface area (Å²) in [5.41, 5.74) is 0.549. The lowest BCUT2D eigenvalue weighted by Crippen LogP contribution is -2.49. The lowest BCUT2D eigenvalue weighted by molar-refractivity contribution is -0.138. The molecule has 2 heterocycles. The van der Waals surface area contributed by atoms with E-state index in [1.165, 1.54) is 0 Å². The molecule has 0 aliphatic carbocycles. The van der Waals surface area contributed by atoms with Gasteiger partial charge >= 0.3 is 0 Å². The normalized spacial score (nSPS) is 29.2. The molecule has 2 rings (SSSR count). The third kappa shape index (κ3) is 3.05. The Hall–Kier alpha value is -1.36. The summed E-state index contributed by atoms with van der Waals surface area (Å²) in [4.78, 5) is 26.8. The zero-order valence-corrected chi connectivity index (χ0v) is 14.4. The van der Waals surface area contributed by atoms with E-state index in [1.54, 1.807) is 13.1 Å². The highest BCUT2D eigenvalue weighted by Crippen LogP contribution is 2.42. The van der Waals surface area contributed by atoms with Gasteiger partial charge in [-0.25, -0.2) is 0 Å². The maximum Gasteiger partial charge on any atom is 0.246 e. The summed E-state index contributed by atoms with van der Waals surface area (Å²) in [7, 11) is 1.66. The molecule has 2 atom stereocenters. The Morgan fingerprint density at radius 1 is 1.36 bits per heavy atom. The summed E-state index contributed by atoms with van der Waals surface area (Å²) in [5.74, 6) is 0.131. The van der Waals surface area contributed by atoms with E-state index in [4.69, 9.17) is 4.74 Å². The number of carbonyl (C=O) groups excluding carboxylic acids is 2. The van der Waals surface area contributed by atoms with Gasteiger partial charge in [0.25, 0.3) is 0 Å². The quantitative estimate of drug-likeness (QED) is 0.788. The number of hydrogen-bond acceptors (Lipinski definition) is 3. The number of allylic oxidation sites excluding steroid dienone is 1. The molecule has 0 aromatic heterocycles. The highest BCUT2D eigenvalue weighted by Gasteiger charge is 2.54. The first kappa shape index (κ1) is 17.0. The van der Waals surface area contributed by atoms with E-state index in [0.29, 0.717) is 32.7 Å². The van der Waals surface area contributed by atoms with Crippen molar-refractivity contribution in [3.8, 4) is 0 Å². The van der Waals surface area contributed by atoms with Crippen LogP contribution < -0.4 is 5.32 Å². The maximum absolute atomic E-state index is 12.6. The molecule has 5 nitrogen and oxygen atoms in total. The minimum Gasteiger partial charge on any atom is -0.381 e. The highest BCUT2D eigenvalue weighted by atomic mass is 16.5. The Kier molecular flexibility index (Phi) is 4.66. The SMILES string of the molecule is CNC(=O)[C@]12CCOC[C@H]1CN(C(=O)/C=C(\C)C(C)(C)C)C2. The molecule has 1 N–H and O–H groups in total. The molecule has 2 aliphatic heterocycles. The zero-order valence-electron chi connectivity index (χ0n) is 14.4. The van der Waals surface area contributed by atoms with E-state index >= 15 is 0 Å². The lowest BCUT2D eigenvalue weighted by atomic mass is 9.73. The van der Waals surface area contributed by atoms with Crippen LogP contribution in [0.25, 0.3) is 0 Å². The Labute approximate surface area is 133 Å². The number of ether oxygens (including phenoxy) is 1. The molecule has 0 aromatic carbocycles. The molecule has 2 fully saturated rings. The summed E-state index contributed by atoms with van der Waals surface area (Å²) in [5, 5.41) is 2.77. The Balaban J connectivity index is 2.19. The molecule has 0 saturated carbocycles. The number of amides is 2. The molecule has 2 saturated heterocycles. The van der Waals surface area contributed by atoms with Gasteiger partial charge in [-0.05, 0) is 18.8 Å². The number of hydrogen-bond donors (Lipinski definition) is 1. The van der Waals surface area contributed by atoms with Crippen molar-refractivity contribution >= 4 is 11.8 Å². The molecular formula is C17H28N2O3. The maximum atomic E-state index is 12.6. The van der Waals surface area contributed by atoms with E-state index < -0.39 is 5.41 Å². The van der Waals surface area contributed by atoms with Crippen molar-refractivity contribution in [2.24, 2.45) is 16.7 Å². The van der Waals surface area contributed by atoms with E-state index in [9.17, 15) is 9.59 Å². The average molecular weight is 308 g/mol. The van der Waals surface area contributed by atoms with Gasteiger partial charge in [0.05, 0.1) is 12.0 Å². The van der Waals surface area contributed by atoms with Crippen LogP contribution in [0.4, 0.5) is 0 Å². The number of carbonyl (C=O) groups is 2. The van der Waals surface area contributed by atoms with Crippen molar-refractivity contribution in [2.45, 2.75) is 34.1 Å². The van der Waals surface area contributed by atoms with Gasteiger partial charge in [0.15, 0.2) is 0 Å². The second-order valence-electron chi connectivity index (χ2n) is 7.55. The van der Waals surface area contributed by atoms with Gasteiger partial charge < -0.3 is 15.0 Å². The van der Waals surface area contributed by atoms with Gasteiger partial charge in [0.1, 0.15) is 0 Å². The fraction of sp³-hybridized carbons (Fsp3) is 0.765. The van der Waals surface area contributed by atoms with Crippen molar-refractivity contribution in [3.63, 3.8) is 0 Å². The van der Waals surface area contributed by atoms with E-state index in [1.807, 2.05) is 11.8 Å². The van der Waals surface area contributed by atoms with Crippen LogP contribution in [0.15, 0.2) is 11.6 Å². The second-order valence-corrected chi connectivity index (χ2v) is 7.55. The Morgan fingerprint density at radius 3 is 2.64 bits per heavy atom. The first-order chi connectivity index (χ1) is 10.2. The average Bonchev–Trinajstić information content (AvgIpc) is 2.86. The van der Waals surface area contributed by atoms with Crippen LogP contribution in [-0.2, 0) is 14.3 Å². The van der Waals surface area contributed by atoms with Crippen molar-refractivity contribution in [1.82, 2.24) is 10.2 Å². The van der Waals surface area contributed by atoms with Crippen LogP contribution in [0.2, 0.25) is 0 Å². The van der Waals surface area contributed by atoms with Gasteiger partial charge in [0, 0.05) is 38.7 Å². The predicted octanol–water partition coefficient (Wildman–Crippen LogP) is 1.59. The smallest absolute Gasteiger partial charge is 0.246 e. The topological polar surface area (TPSA) is 58.6 Å². The van der Waals surface area contributed by atoms with Gasteiger partial charge in [-0.1, -0.05) is 26.3 Å². The van der Waals surface area contributed by atoms with E-state index in [2.05, 4.69) is 26.1 Å². The van der Waals surface area contributed by atoms with Crippen molar-refractivity contribution in [1.29, 1.82) is 0 Å². The number of fused-ring (bicyclic) bond motifs is 1. The third-order valence-corrected chi connectivity index (χ3v) is 5.22. The number of rotatable bonds is 2. The fourth-order valence-corrected chi connectivity index (χ4v) is 3.23. The molecular weight excluding hydrogens is 280 g/mol. The molecule has 5 heteroatoms. The molecule has 0 spiro atoms. The number of nitrogens with one attached hydrogen (secondary N) is 1. The Bertz CT molecular complexity index is 493. The molecule has 0 aromatic rings. The predicted molar refractivity (Wildman–Crippen MR) is 85.2 cm³/mol. The summed E-state index contributed by atoms with van der Waals surface area (Å²) >= 11 is 0. The first-order valence-electron chi connectivity index (χ1n) is 7.98. The molecule has 124 valence electrons. The Morgan fingerprint density at radius 2 is 2.05 bits per heavy atom. The third-order valence-electron chi connectivity index (χ3n) is 5.22. The van der Waals surface area contributed by atoms with E-state index in [0.717, 1.165) is 5.57 Å². The molecule has 0 radical (unpaired) electrons. The zero-order chi connectivity index (χ0) is 16.5. The molecule has 22 heavy (non-hydrogen) atoms. The number of likely N-dealkylation sites (tertiary alicyclic amines) is 1. The van der Waals surface area contributed by atoms with Crippen LogP contribution in [-0.4, -0.2) is 50.1 Å². The van der Waals surface area contributed by atoms with Gasteiger partial charge in [-0.2, -0.15) is 0 Å². The monoisotopic (exact) mass is 308 g/mol. The second kappa shape index (κ2) is 6.03. The van der Waals surface area contributed by atoms with Crippen LogP contribution in [0.1, 0.15) is 34.1 Å². The van der Waals surface area contributed by atoms with Crippen LogP contribution in [0, 0.1) is 16.7 Å². The van der Waals surface area contributed by atoms with Gasteiger partial charge in [-0.3, -0.25) is 9.59 Å². The standard InChI is InChI=1S/C17H28N2O3/c1-12(16(2,3)4)8-14(20)19-9-13-10-22-7-6-17(13,11-19)15(21)18-5/h8,13H,6-7,9-11H2,1-5H3,(H,18,21)/b12-8+/t13-,17+/m1/s1. The summed E-state index contributed by atoms with van der Waals surface area (Å²) in [6.45, 7) is 10.5. The number of nitrogens with zero attached hydrogens (tertiary/aromatic N) is 1. The van der Waals surface area contributed by atoms with Gasteiger partial charge in [0.2, 0.25) is 11.8 Å². The molecule has 2 amide bonds. The van der Waals surface area contributed by atoms with Crippen LogP contribution in [0.3, 0.4) is 0 Å². The summed E-state index contributed by atoms with van der Waals surface area (Å²) < 4.78 is 5.53. The van der Waals surface area contributed by atoms with Crippen molar-refractivity contribution in [2.75, 3.05) is 33.4 Å². The molecule has 2 aliphatic rings. The molecule has 0 bridgehead atoms. The van der Waals surface area contributed by atoms with E-state index in [-0.39, 0.29) is 23.1 Å². The highest BCUT2D eigenvalue weighted by molar-refractivity contribution is 5.91. The lowest BCUT2D eigenvalue weighted by Gasteiger charge is -2.36. The van der Waals surface area contributed by atoms with Gasteiger partial charge in [-0.15, -0.1) is 0 Å². The first-order valence-corrected chi connectivity index (χ1v) is 7.98. The van der Waals surface area contributed by atoms with Crippen molar-refractivity contribution < 1.29 is 14.3 Å².